The van der Waals surface area contributed by atoms with Gasteiger partial charge in [-0.25, -0.2) is 4.79 Å². The Morgan fingerprint density at radius 3 is 2.70 bits per heavy atom. The number of hydrogen-bond acceptors (Lipinski definition) is 4. The lowest BCUT2D eigenvalue weighted by Crippen LogP contribution is -2.37. The molecule has 3 atom stereocenters. The van der Waals surface area contributed by atoms with Crippen LogP contribution in [0.3, 0.4) is 0 Å². The van der Waals surface area contributed by atoms with Crippen LogP contribution in [0, 0.1) is 5.92 Å². The monoisotopic (exact) mass is 281 g/mol. The third-order valence-corrected chi connectivity index (χ3v) is 3.83. The van der Waals surface area contributed by atoms with E-state index in [4.69, 9.17) is 15.0 Å². The fourth-order valence-electron chi connectivity index (χ4n) is 2.41. The highest BCUT2D eigenvalue weighted by Gasteiger charge is 2.33. The van der Waals surface area contributed by atoms with Gasteiger partial charge in [0.1, 0.15) is 0 Å². The first-order valence-electron chi connectivity index (χ1n) is 7.05. The first-order chi connectivity index (χ1) is 9.57. The van der Waals surface area contributed by atoms with Gasteiger partial charge in [-0.05, 0) is 36.8 Å². The standard InChI is InChI=1S/C14H23N3O3/c1-5-11(6-2)20-13-8-10(14(18)19-4)7-12(9(13)3)16-17-15/h8-9,11-13H,5-7H2,1-4H3/t9-,12+,13-/m1/s1. The van der Waals surface area contributed by atoms with E-state index >= 15 is 0 Å². The predicted octanol–water partition coefficient (Wildman–Crippen LogP) is 3.38. The van der Waals surface area contributed by atoms with Crippen molar-refractivity contribution in [1.29, 1.82) is 0 Å². The summed E-state index contributed by atoms with van der Waals surface area (Å²) in [5.74, 6) is -0.340. The lowest BCUT2D eigenvalue weighted by Gasteiger charge is -2.33. The first-order valence-corrected chi connectivity index (χ1v) is 7.05. The molecule has 0 aromatic rings. The summed E-state index contributed by atoms with van der Waals surface area (Å²) >= 11 is 0. The molecule has 0 unspecified atom stereocenters. The average molecular weight is 281 g/mol. The van der Waals surface area contributed by atoms with Crippen molar-refractivity contribution in [3.63, 3.8) is 0 Å². The van der Waals surface area contributed by atoms with Crippen molar-refractivity contribution in [2.75, 3.05) is 7.11 Å². The fourth-order valence-corrected chi connectivity index (χ4v) is 2.41. The maximum atomic E-state index is 11.7. The quantitative estimate of drug-likeness (QED) is 0.324. The molecule has 0 saturated heterocycles. The molecular weight excluding hydrogens is 258 g/mol. The molecule has 0 heterocycles. The van der Waals surface area contributed by atoms with E-state index in [2.05, 4.69) is 23.9 Å². The van der Waals surface area contributed by atoms with Gasteiger partial charge in [0.25, 0.3) is 0 Å². The van der Waals surface area contributed by atoms with Crippen LogP contribution in [0.2, 0.25) is 0 Å². The topological polar surface area (TPSA) is 84.3 Å². The van der Waals surface area contributed by atoms with Crippen LogP contribution in [0.25, 0.3) is 10.4 Å². The van der Waals surface area contributed by atoms with Gasteiger partial charge in [0, 0.05) is 16.5 Å². The Morgan fingerprint density at radius 2 is 2.20 bits per heavy atom. The molecule has 6 heteroatoms. The van der Waals surface area contributed by atoms with Crippen molar-refractivity contribution in [1.82, 2.24) is 0 Å². The number of hydrogen-bond donors (Lipinski definition) is 0. The molecule has 112 valence electrons. The van der Waals surface area contributed by atoms with Crippen LogP contribution in [0.1, 0.15) is 40.0 Å². The van der Waals surface area contributed by atoms with Crippen LogP contribution < -0.4 is 0 Å². The average Bonchev–Trinajstić information content (AvgIpc) is 2.47. The second kappa shape index (κ2) is 7.92. The summed E-state index contributed by atoms with van der Waals surface area (Å²) in [6.07, 6.45) is 3.96. The smallest absolute Gasteiger partial charge is 0.333 e. The Kier molecular flexibility index (Phi) is 6.55. The molecule has 0 aliphatic heterocycles. The van der Waals surface area contributed by atoms with Crippen molar-refractivity contribution in [3.05, 3.63) is 22.1 Å². The van der Waals surface area contributed by atoms with Crippen LogP contribution in [-0.4, -0.2) is 31.3 Å². The zero-order chi connectivity index (χ0) is 15.1. The Balaban J connectivity index is 2.97. The minimum atomic E-state index is -0.381. The van der Waals surface area contributed by atoms with Crippen LogP contribution in [0.4, 0.5) is 0 Å². The SMILES string of the molecule is CCC(CC)O[C@@H]1C=C(C(=O)OC)C[C@H](N=[N+]=[N-])[C@H]1C. The molecule has 1 aliphatic carbocycles. The van der Waals surface area contributed by atoms with Crippen molar-refractivity contribution >= 4 is 5.97 Å². The third-order valence-electron chi connectivity index (χ3n) is 3.83. The van der Waals surface area contributed by atoms with Gasteiger partial charge in [-0.1, -0.05) is 25.9 Å². The van der Waals surface area contributed by atoms with E-state index in [1.165, 1.54) is 7.11 Å². The number of methoxy groups -OCH3 is 1. The van der Waals surface area contributed by atoms with Crippen molar-refractivity contribution in [3.8, 4) is 0 Å². The van der Waals surface area contributed by atoms with Crippen molar-refractivity contribution in [2.45, 2.75) is 58.3 Å². The highest BCUT2D eigenvalue weighted by Crippen LogP contribution is 2.30. The molecule has 0 amide bonds. The number of carbonyl (C=O) groups excluding carboxylic acids is 1. The van der Waals surface area contributed by atoms with Gasteiger partial charge >= 0.3 is 5.97 Å². The van der Waals surface area contributed by atoms with E-state index in [0.29, 0.717) is 12.0 Å². The summed E-state index contributed by atoms with van der Waals surface area (Å²) in [5.41, 5.74) is 9.19. The molecule has 20 heavy (non-hydrogen) atoms. The van der Waals surface area contributed by atoms with Gasteiger partial charge in [0.15, 0.2) is 0 Å². The minimum absolute atomic E-state index is 0.0416. The normalized spacial score (nSPS) is 25.9. The molecule has 6 nitrogen and oxygen atoms in total. The van der Waals surface area contributed by atoms with E-state index in [1.807, 2.05) is 13.0 Å². The molecule has 0 aromatic heterocycles. The largest absolute Gasteiger partial charge is 0.466 e. The molecular formula is C14H23N3O3. The van der Waals surface area contributed by atoms with E-state index in [0.717, 1.165) is 12.8 Å². The Hall–Kier alpha value is -1.52. The van der Waals surface area contributed by atoms with Crippen LogP contribution in [0.5, 0.6) is 0 Å². The summed E-state index contributed by atoms with van der Waals surface area (Å²) in [7, 11) is 1.35. The summed E-state index contributed by atoms with van der Waals surface area (Å²) in [6, 6.07) is -0.279. The number of nitrogens with zero attached hydrogens (tertiary/aromatic N) is 3. The lowest BCUT2D eigenvalue weighted by atomic mass is 9.84. The van der Waals surface area contributed by atoms with Gasteiger partial charge in [-0.15, -0.1) is 0 Å². The van der Waals surface area contributed by atoms with E-state index < -0.39 is 0 Å². The number of carbonyl (C=O) groups is 1. The molecule has 0 radical (unpaired) electrons. The zero-order valence-electron chi connectivity index (χ0n) is 12.6. The number of esters is 1. The summed E-state index contributed by atoms with van der Waals surface area (Å²) < 4.78 is 10.8. The van der Waals surface area contributed by atoms with Gasteiger partial charge < -0.3 is 9.47 Å². The first kappa shape index (κ1) is 16.5. The van der Waals surface area contributed by atoms with Gasteiger partial charge in [-0.3, -0.25) is 0 Å². The summed E-state index contributed by atoms with van der Waals surface area (Å²) in [5, 5.41) is 3.79. The Bertz CT molecular complexity index is 412. The lowest BCUT2D eigenvalue weighted by molar-refractivity contribution is -0.136. The van der Waals surface area contributed by atoms with Crippen LogP contribution >= 0.6 is 0 Å². The molecule has 0 N–H and O–H groups in total. The number of ether oxygens (including phenoxy) is 2. The molecule has 0 saturated carbocycles. The van der Waals surface area contributed by atoms with Gasteiger partial charge in [0.05, 0.1) is 19.3 Å². The third kappa shape index (κ3) is 3.99. The van der Waals surface area contributed by atoms with Crippen LogP contribution in [-0.2, 0) is 14.3 Å². The molecule has 0 fully saturated rings. The minimum Gasteiger partial charge on any atom is -0.466 e. The van der Waals surface area contributed by atoms with Crippen molar-refractivity contribution < 1.29 is 14.3 Å². The van der Waals surface area contributed by atoms with E-state index in [1.54, 1.807) is 0 Å². The van der Waals surface area contributed by atoms with Crippen molar-refractivity contribution in [2.24, 2.45) is 11.0 Å². The second-order valence-corrected chi connectivity index (χ2v) is 5.06. The predicted molar refractivity (Wildman–Crippen MR) is 76.1 cm³/mol. The van der Waals surface area contributed by atoms with Gasteiger partial charge in [-0.2, -0.15) is 0 Å². The van der Waals surface area contributed by atoms with Crippen LogP contribution in [0.15, 0.2) is 16.8 Å². The van der Waals surface area contributed by atoms with E-state index in [9.17, 15) is 4.79 Å². The van der Waals surface area contributed by atoms with E-state index in [-0.39, 0.29) is 30.1 Å². The highest BCUT2D eigenvalue weighted by atomic mass is 16.5. The molecule has 1 rings (SSSR count). The summed E-state index contributed by atoms with van der Waals surface area (Å²) in [6.45, 7) is 6.12. The second-order valence-electron chi connectivity index (χ2n) is 5.06. The highest BCUT2D eigenvalue weighted by molar-refractivity contribution is 5.88. The molecule has 0 spiro atoms. The Labute approximate surface area is 119 Å². The maximum absolute atomic E-state index is 11.7. The summed E-state index contributed by atoms with van der Waals surface area (Å²) in [4.78, 5) is 14.6. The Morgan fingerprint density at radius 1 is 1.55 bits per heavy atom. The number of azide groups is 1. The molecule has 0 bridgehead atoms. The van der Waals surface area contributed by atoms with Gasteiger partial charge in [0.2, 0.25) is 0 Å². The fraction of sp³-hybridized carbons (Fsp3) is 0.786. The number of rotatable bonds is 6. The maximum Gasteiger partial charge on any atom is 0.333 e. The zero-order valence-corrected chi connectivity index (χ0v) is 12.6. The molecule has 1 aliphatic rings. The molecule has 0 aromatic carbocycles.